The third-order valence-electron chi connectivity index (χ3n) is 3.94. The molecule has 1 heterocycles. The van der Waals surface area contributed by atoms with E-state index in [0.717, 1.165) is 32.0 Å². The van der Waals surface area contributed by atoms with Crippen LogP contribution >= 0.6 is 23.8 Å². The molecule has 0 radical (unpaired) electrons. The first-order valence-corrected chi connectivity index (χ1v) is 8.30. The normalized spacial score (nSPS) is 17.9. The monoisotopic (exact) mass is 350 g/mol. The van der Waals surface area contributed by atoms with Gasteiger partial charge in [0.15, 0.2) is 18.4 Å². The number of quaternary nitrogens is 1. The molecular weight excluding hydrogens is 333 g/mol. The zero-order valence-electron chi connectivity index (χ0n) is 12.6. The van der Waals surface area contributed by atoms with E-state index in [2.05, 4.69) is 29.6 Å². The Kier molecular flexibility index (Phi) is 5.10. The van der Waals surface area contributed by atoms with Crippen molar-refractivity contribution in [3.05, 3.63) is 64.9 Å². The van der Waals surface area contributed by atoms with Crippen LogP contribution in [0.5, 0.6) is 0 Å². The Balaban J connectivity index is 1.66. The number of thiocarbonyl (C=S) groups is 1. The Morgan fingerprint density at radius 1 is 1.22 bits per heavy atom. The van der Waals surface area contributed by atoms with Crippen molar-refractivity contribution in [2.24, 2.45) is 0 Å². The molecule has 2 N–H and O–H groups in total. The summed E-state index contributed by atoms with van der Waals surface area (Å²) in [5, 5.41) is 4.00. The third-order valence-corrected chi connectivity index (χ3v) is 4.60. The van der Waals surface area contributed by atoms with Crippen LogP contribution in [-0.2, 0) is 6.42 Å². The standard InChI is InChI=1S/C17H17ClFN3S/c18-15-10-14(6-7-16(15)19)22-12-21(11-20-17(22)23)9-8-13-4-2-1-3-5-13/h1-7,10H,8-9,11-12H2,(H,20,23)/p+1. The van der Waals surface area contributed by atoms with Gasteiger partial charge in [-0.15, -0.1) is 0 Å². The Morgan fingerprint density at radius 2 is 2.00 bits per heavy atom. The van der Waals surface area contributed by atoms with E-state index < -0.39 is 5.82 Å². The van der Waals surface area contributed by atoms with Crippen LogP contribution in [0.4, 0.5) is 10.1 Å². The summed E-state index contributed by atoms with van der Waals surface area (Å²) in [5.74, 6) is -0.417. The highest BCUT2D eigenvalue weighted by atomic mass is 35.5. The molecule has 1 atom stereocenters. The van der Waals surface area contributed by atoms with E-state index in [1.165, 1.54) is 16.5 Å². The fourth-order valence-corrected chi connectivity index (χ4v) is 3.06. The molecule has 2 aromatic carbocycles. The predicted molar refractivity (Wildman–Crippen MR) is 95.3 cm³/mol. The summed E-state index contributed by atoms with van der Waals surface area (Å²) in [5.41, 5.74) is 2.13. The minimum atomic E-state index is -0.417. The highest BCUT2D eigenvalue weighted by molar-refractivity contribution is 7.80. The number of nitrogens with zero attached hydrogens (tertiary/aromatic N) is 1. The molecule has 0 bridgehead atoms. The van der Waals surface area contributed by atoms with E-state index in [1.807, 2.05) is 11.0 Å². The Bertz CT molecular complexity index is 695. The van der Waals surface area contributed by atoms with Crippen LogP contribution < -0.4 is 15.1 Å². The van der Waals surface area contributed by atoms with Gasteiger partial charge in [-0.05, 0) is 36.0 Å². The fourth-order valence-electron chi connectivity index (χ4n) is 2.64. The second-order valence-corrected chi connectivity index (χ2v) is 6.37. The van der Waals surface area contributed by atoms with Crippen molar-refractivity contribution in [3.8, 4) is 0 Å². The predicted octanol–water partition coefficient (Wildman–Crippen LogP) is 2.22. The molecule has 0 saturated carbocycles. The maximum atomic E-state index is 13.3. The van der Waals surface area contributed by atoms with E-state index in [9.17, 15) is 4.39 Å². The second-order valence-electron chi connectivity index (χ2n) is 5.58. The minimum Gasteiger partial charge on any atom is -0.315 e. The molecule has 0 spiro atoms. The van der Waals surface area contributed by atoms with Crippen molar-refractivity contribution in [3.63, 3.8) is 0 Å². The van der Waals surface area contributed by atoms with Gasteiger partial charge in [0.05, 0.1) is 17.3 Å². The summed E-state index contributed by atoms with van der Waals surface area (Å²) in [7, 11) is 0. The Labute approximate surface area is 145 Å². The molecule has 23 heavy (non-hydrogen) atoms. The molecule has 0 aliphatic carbocycles. The van der Waals surface area contributed by atoms with Crippen LogP contribution in [0.15, 0.2) is 48.5 Å². The molecular formula is C17H18ClFN3S+. The average molecular weight is 351 g/mol. The smallest absolute Gasteiger partial charge is 0.182 e. The molecule has 0 aromatic heterocycles. The fraction of sp³-hybridized carbons (Fsp3) is 0.235. The summed E-state index contributed by atoms with van der Waals surface area (Å²) in [4.78, 5) is 3.33. The highest BCUT2D eigenvalue weighted by Crippen LogP contribution is 2.22. The molecule has 1 saturated heterocycles. The first kappa shape index (κ1) is 16.2. The van der Waals surface area contributed by atoms with E-state index in [-0.39, 0.29) is 5.02 Å². The quantitative estimate of drug-likeness (QED) is 0.825. The van der Waals surface area contributed by atoms with Crippen LogP contribution in [0.3, 0.4) is 0 Å². The van der Waals surface area contributed by atoms with Gasteiger partial charge < -0.3 is 10.2 Å². The van der Waals surface area contributed by atoms with Crippen molar-refractivity contribution in [2.45, 2.75) is 6.42 Å². The largest absolute Gasteiger partial charge is 0.315 e. The maximum Gasteiger partial charge on any atom is 0.182 e. The number of hydrogen-bond acceptors (Lipinski definition) is 1. The lowest BCUT2D eigenvalue weighted by molar-refractivity contribution is -0.902. The molecule has 3 rings (SSSR count). The maximum absolute atomic E-state index is 13.3. The summed E-state index contributed by atoms with van der Waals surface area (Å²) < 4.78 is 13.3. The Hall–Kier alpha value is -1.69. The molecule has 1 aliphatic heterocycles. The lowest BCUT2D eigenvalue weighted by Crippen LogP contribution is -3.17. The summed E-state index contributed by atoms with van der Waals surface area (Å²) in [6.07, 6.45) is 1.00. The number of anilines is 1. The van der Waals surface area contributed by atoms with Gasteiger partial charge in [-0.2, -0.15) is 0 Å². The van der Waals surface area contributed by atoms with Crippen molar-refractivity contribution < 1.29 is 9.29 Å². The van der Waals surface area contributed by atoms with E-state index in [4.69, 9.17) is 23.8 Å². The van der Waals surface area contributed by atoms with Gasteiger partial charge in [0.1, 0.15) is 5.82 Å². The number of nitrogens with one attached hydrogen (secondary N) is 2. The number of rotatable bonds is 4. The van der Waals surface area contributed by atoms with E-state index in [0.29, 0.717) is 5.11 Å². The van der Waals surface area contributed by atoms with Gasteiger partial charge in [-0.1, -0.05) is 41.9 Å². The van der Waals surface area contributed by atoms with Crippen molar-refractivity contribution >= 4 is 34.6 Å². The topological polar surface area (TPSA) is 19.7 Å². The van der Waals surface area contributed by atoms with Crippen LogP contribution in [-0.4, -0.2) is 25.0 Å². The molecule has 1 aliphatic rings. The minimum absolute atomic E-state index is 0.113. The van der Waals surface area contributed by atoms with Crippen LogP contribution in [0.25, 0.3) is 0 Å². The second kappa shape index (κ2) is 7.25. The van der Waals surface area contributed by atoms with Gasteiger partial charge in [-0.3, -0.25) is 4.90 Å². The summed E-state index contributed by atoms with van der Waals surface area (Å²) >= 11 is 11.3. The van der Waals surface area contributed by atoms with Crippen LogP contribution in [0.2, 0.25) is 5.02 Å². The first-order chi connectivity index (χ1) is 11.1. The number of benzene rings is 2. The average Bonchev–Trinajstić information content (AvgIpc) is 2.58. The van der Waals surface area contributed by atoms with Gasteiger partial charge in [-0.25, -0.2) is 4.39 Å². The van der Waals surface area contributed by atoms with Gasteiger partial charge in [0.2, 0.25) is 0 Å². The summed E-state index contributed by atoms with van der Waals surface area (Å²) in [6, 6.07) is 15.1. The molecule has 2 aromatic rings. The number of halogens is 2. The molecule has 1 fully saturated rings. The molecule has 120 valence electrons. The lowest BCUT2D eigenvalue weighted by atomic mass is 10.1. The van der Waals surface area contributed by atoms with Crippen molar-refractivity contribution in [2.75, 3.05) is 24.8 Å². The zero-order valence-corrected chi connectivity index (χ0v) is 14.1. The van der Waals surface area contributed by atoms with Gasteiger partial charge in [0, 0.05) is 6.42 Å². The van der Waals surface area contributed by atoms with Crippen LogP contribution in [0, 0.1) is 5.82 Å². The molecule has 1 unspecified atom stereocenters. The summed E-state index contributed by atoms with van der Waals surface area (Å²) in [6.45, 7) is 2.52. The van der Waals surface area contributed by atoms with Crippen molar-refractivity contribution in [1.82, 2.24) is 5.32 Å². The first-order valence-electron chi connectivity index (χ1n) is 7.51. The lowest BCUT2D eigenvalue weighted by Gasteiger charge is -2.35. The Morgan fingerprint density at radius 3 is 2.74 bits per heavy atom. The van der Waals surface area contributed by atoms with Crippen LogP contribution in [0.1, 0.15) is 5.56 Å². The zero-order chi connectivity index (χ0) is 16.2. The van der Waals surface area contributed by atoms with E-state index in [1.54, 1.807) is 12.1 Å². The third kappa shape index (κ3) is 3.99. The SMILES string of the molecule is Fc1ccc(N2C[NH+](CCc3ccccc3)CNC2=S)cc1Cl. The highest BCUT2D eigenvalue weighted by Gasteiger charge is 2.25. The molecule has 3 nitrogen and oxygen atoms in total. The number of hydrogen-bond donors (Lipinski definition) is 2. The van der Waals surface area contributed by atoms with E-state index >= 15 is 0 Å². The van der Waals surface area contributed by atoms with Crippen molar-refractivity contribution in [1.29, 1.82) is 0 Å². The van der Waals surface area contributed by atoms with Gasteiger partial charge in [0.25, 0.3) is 0 Å². The molecule has 0 amide bonds. The van der Waals surface area contributed by atoms with Gasteiger partial charge >= 0.3 is 0 Å². The molecule has 6 heteroatoms.